The number of hydrogen-bond acceptors (Lipinski definition) is 3. The number of fused-ring (bicyclic) bond motifs is 8. The standard InChI is InChI=1S/C25H22N4O2/c1-29(13-14-7-9-26-10-8-14)25(31)15-5-6-20-18(11-15)21-19-12-27-24(30)22(19)16-3-2-4-17(16)23(21)28-20/h5-11,28H,2-4,12-13H2,1H3,(H,27,30). The van der Waals surface area contributed by atoms with Crippen molar-refractivity contribution in [3.05, 3.63) is 76.1 Å². The Bertz CT molecular complexity index is 1390. The van der Waals surface area contributed by atoms with Gasteiger partial charge >= 0.3 is 0 Å². The molecule has 1 aliphatic heterocycles. The van der Waals surface area contributed by atoms with E-state index in [1.165, 1.54) is 11.1 Å². The number of benzene rings is 2. The lowest BCUT2D eigenvalue weighted by Crippen LogP contribution is -2.26. The van der Waals surface area contributed by atoms with Crippen molar-refractivity contribution in [2.45, 2.75) is 32.4 Å². The van der Waals surface area contributed by atoms with Gasteiger partial charge in [-0.1, -0.05) is 0 Å². The Kier molecular flexibility index (Phi) is 3.90. The van der Waals surface area contributed by atoms with E-state index >= 15 is 0 Å². The second-order valence-electron chi connectivity index (χ2n) is 8.50. The van der Waals surface area contributed by atoms with Gasteiger partial charge in [0, 0.05) is 59.9 Å². The quantitative estimate of drug-likeness (QED) is 0.540. The molecule has 2 aromatic heterocycles. The van der Waals surface area contributed by atoms with Crippen LogP contribution in [0.1, 0.15) is 49.4 Å². The van der Waals surface area contributed by atoms with E-state index in [0.717, 1.165) is 57.8 Å². The molecule has 0 bridgehead atoms. The number of H-pyrrole nitrogens is 1. The Labute approximate surface area is 179 Å². The molecule has 6 heteroatoms. The van der Waals surface area contributed by atoms with Gasteiger partial charge in [-0.15, -0.1) is 0 Å². The highest BCUT2D eigenvalue weighted by atomic mass is 16.2. The van der Waals surface area contributed by atoms with Crippen molar-refractivity contribution in [2.75, 3.05) is 7.05 Å². The molecule has 2 aliphatic rings. The monoisotopic (exact) mass is 410 g/mol. The number of aryl methyl sites for hydroxylation is 1. The number of pyridine rings is 1. The first-order valence-corrected chi connectivity index (χ1v) is 10.7. The minimum absolute atomic E-state index is 0.0277. The zero-order valence-corrected chi connectivity index (χ0v) is 17.3. The van der Waals surface area contributed by atoms with Crippen molar-refractivity contribution < 1.29 is 9.59 Å². The average molecular weight is 410 g/mol. The highest BCUT2D eigenvalue weighted by Gasteiger charge is 2.32. The largest absolute Gasteiger partial charge is 0.354 e. The molecule has 2 amide bonds. The van der Waals surface area contributed by atoms with Gasteiger partial charge in [-0.05, 0) is 71.8 Å². The third kappa shape index (κ3) is 2.68. The van der Waals surface area contributed by atoms with Crippen molar-refractivity contribution in [1.29, 1.82) is 0 Å². The van der Waals surface area contributed by atoms with E-state index in [1.807, 2.05) is 37.4 Å². The van der Waals surface area contributed by atoms with Crippen LogP contribution in [0.15, 0.2) is 42.7 Å². The predicted octanol–water partition coefficient (Wildman–Crippen LogP) is 3.72. The summed E-state index contributed by atoms with van der Waals surface area (Å²) in [6, 6.07) is 9.68. The zero-order chi connectivity index (χ0) is 21.1. The average Bonchev–Trinajstić information content (AvgIpc) is 3.49. The van der Waals surface area contributed by atoms with Crippen molar-refractivity contribution in [3.8, 4) is 0 Å². The topological polar surface area (TPSA) is 78.1 Å². The van der Waals surface area contributed by atoms with Crippen LogP contribution in [0, 0.1) is 0 Å². The summed E-state index contributed by atoms with van der Waals surface area (Å²) in [5.74, 6) is 0.00813. The molecule has 31 heavy (non-hydrogen) atoms. The van der Waals surface area contributed by atoms with Gasteiger partial charge in [0.1, 0.15) is 0 Å². The lowest BCUT2D eigenvalue weighted by atomic mass is 9.93. The number of aromatic nitrogens is 2. The molecular weight excluding hydrogens is 388 g/mol. The summed E-state index contributed by atoms with van der Waals surface area (Å²) in [5, 5.41) is 5.12. The maximum Gasteiger partial charge on any atom is 0.253 e. The van der Waals surface area contributed by atoms with E-state index in [1.54, 1.807) is 17.3 Å². The minimum atomic E-state index is -0.0277. The molecule has 0 radical (unpaired) electrons. The fraction of sp³-hybridized carbons (Fsp3) is 0.240. The lowest BCUT2D eigenvalue weighted by Gasteiger charge is -2.17. The predicted molar refractivity (Wildman–Crippen MR) is 119 cm³/mol. The van der Waals surface area contributed by atoms with Crippen LogP contribution < -0.4 is 5.32 Å². The van der Waals surface area contributed by atoms with Gasteiger partial charge < -0.3 is 15.2 Å². The Morgan fingerprint density at radius 3 is 2.74 bits per heavy atom. The molecule has 1 aliphatic carbocycles. The Morgan fingerprint density at radius 2 is 1.90 bits per heavy atom. The first-order chi connectivity index (χ1) is 15.1. The third-order valence-electron chi connectivity index (χ3n) is 6.64. The molecule has 0 unspecified atom stereocenters. The number of rotatable bonds is 3. The molecule has 2 aromatic carbocycles. The lowest BCUT2D eigenvalue weighted by molar-refractivity contribution is 0.0785. The smallest absolute Gasteiger partial charge is 0.253 e. The molecule has 4 aromatic rings. The van der Waals surface area contributed by atoms with Crippen molar-refractivity contribution in [3.63, 3.8) is 0 Å². The van der Waals surface area contributed by atoms with Crippen molar-refractivity contribution >= 4 is 33.6 Å². The van der Waals surface area contributed by atoms with E-state index < -0.39 is 0 Å². The van der Waals surface area contributed by atoms with Gasteiger partial charge in [-0.3, -0.25) is 14.6 Å². The van der Waals surface area contributed by atoms with Gasteiger partial charge in [-0.2, -0.15) is 0 Å². The molecule has 0 saturated carbocycles. The summed E-state index contributed by atoms with van der Waals surface area (Å²) in [5.41, 5.74) is 8.24. The minimum Gasteiger partial charge on any atom is -0.354 e. The van der Waals surface area contributed by atoms with E-state index in [9.17, 15) is 9.59 Å². The fourth-order valence-corrected chi connectivity index (χ4v) is 5.23. The molecule has 0 spiro atoms. The summed E-state index contributed by atoms with van der Waals surface area (Å²) in [4.78, 5) is 35.1. The first-order valence-electron chi connectivity index (χ1n) is 10.7. The van der Waals surface area contributed by atoms with E-state index in [0.29, 0.717) is 18.7 Å². The molecule has 0 saturated heterocycles. The third-order valence-corrected chi connectivity index (χ3v) is 6.64. The van der Waals surface area contributed by atoms with Gasteiger partial charge in [0.25, 0.3) is 11.8 Å². The van der Waals surface area contributed by atoms with E-state index in [2.05, 4.69) is 15.3 Å². The summed E-state index contributed by atoms with van der Waals surface area (Å²) in [6.45, 7) is 1.07. The van der Waals surface area contributed by atoms with Gasteiger partial charge in [0.05, 0.1) is 5.52 Å². The molecule has 154 valence electrons. The molecule has 6 rings (SSSR count). The number of aromatic amines is 1. The Balaban J connectivity index is 1.48. The Morgan fingerprint density at radius 1 is 1.10 bits per heavy atom. The summed E-state index contributed by atoms with van der Waals surface area (Å²) >= 11 is 0. The summed E-state index contributed by atoms with van der Waals surface area (Å²) < 4.78 is 0. The van der Waals surface area contributed by atoms with E-state index in [-0.39, 0.29) is 11.8 Å². The van der Waals surface area contributed by atoms with Crippen LogP contribution in [0.2, 0.25) is 0 Å². The van der Waals surface area contributed by atoms with Crippen LogP contribution in [0.5, 0.6) is 0 Å². The molecule has 2 N–H and O–H groups in total. The first kappa shape index (κ1) is 18.1. The van der Waals surface area contributed by atoms with Crippen LogP contribution in [-0.4, -0.2) is 33.7 Å². The fourth-order valence-electron chi connectivity index (χ4n) is 5.23. The number of hydrogen-bond donors (Lipinski definition) is 2. The number of amides is 2. The summed E-state index contributed by atoms with van der Waals surface area (Å²) in [7, 11) is 1.81. The van der Waals surface area contributed by atoms with Gasteiger partial charge in [0.2, 0.25) is 0 Å². The molecule has 0 atom stereocenters. The van der Waals surface area contributed by atoms with Crippen LogP contribution in [0.25, 0.3) is 21.8 Å². The van der Waals surface area contributed by atoms with Crippen molar-refractivity contribution in [2.24, 2.45) is 0 Å². The number of nitrogens with zero attached hydrogens (tertiary/aromatic N) is 2. The van der Waals surface area contributed by atoms with E-state index in [4.69, 9.17) is 0 Å². The van der Waals surface area contributed by atoms with Gasteiger partial charge in [0.15, 0.2) is 0 Å². The van der Waals surface area contributed by atoms with Crippen LogP contribution in [-0.2, 0) is 25.9 Å². The highest BCUT2D eigenvalue weighted by molar-refractivity contribution is 6.17. The number of nitrogens with one attached hydrogen (secondary N) is 2. The van der Waals surface area contributed by atoms with Crippen LogP contribution in [0.4, 0.5) is 0 Å². The second kappa shape index (κ2) is 6.67. The van der Waals surface area contributed by atoms with Gasteiger partial charge in [-0.25, -0.2) is 0 Å². The normalized spacial score (nSPS) is 14.7. The Hall–Kier alpha value is -3.67. The summed E-state index contributed by atoms with van der Waals surface area (Å²) in [6.07, 6.45) is 6.49. The molecule has 6 nitrogen and oxygen atoms in total. The SMILES string of the molecule is CN(Cc1ccncc1)C(=O)c1ccc2[nH]c3c4c(c5c(c3c2c1)CNC5=O)CCC4. The van der Waals surface area contributed by atoms with Crippen LogP contribution in [0.3, 0.4) is 0 Å². The molecule has 3 heterocycles. The maximum absolute atomic E-state index is 13.2. The number of carbonyl (C=O) groups excluding carboxylic acids is 2. The maximum atomic E-state index is 13.2. The number of carbonyl (C=O) groups is 2. The zero-order valence-electron chi connectivity index (χ0n) is 17.3. The second-order valence-corrected chi connectivity index (χ2v) is 8.50. The van der Waals surface area contributed by atoms with Crippen LogP contribution >= 0.6 is 0 Å². The molecular formula is C25H22N4O2. The molecule has 0 fully saturated rings. The highest BCUT2D eigenvalue weighted by Crippen LogP contribution is 2.41. The van der Waals surface area contributed by atoms with Crippen molar-refractivity contribution in [1.82, 2.24) is 20.2 Å².